The lowest BCUT2D eigenvalue weighted by molar-refractivity contribution is 0.966. The molecule has 3 aromatic rings. The van der Waals surface area contributed by atoms with Gasteiger partial charge in [0.05, 0.1) is 0 Å². The highest BCUT2D eigenvalue weighted by molar-refractivity contribution is 5.58. The van der Waals surface area contributed by atoms with Crippen molar-refractivity contribution in [2.45, 2.75) is 6.42 Å². The predicted molar refractivity (Wildman–Crippen MR) is 73.3 cm³/mol. The van der Waals surface area contributed by atoms with Gasteiger partial charge in [-0.2, -0.15) is 5.10 Å². The summed E-state index contributed by atoms with van der Waals surface area (Å²) in [5.74, 6) is 1.50. The van der Waals surface area contributed by atoms with Gasteiger partial charge in [0.1, 0.15) is 5.82 Å². The smallest absolute Gasteiger partial charge is 0.181 e. The topological polar surface area (TPSA) is 80.5 Å². The molecule has 0 fully saturated rings. The van der Waals surface area contributed by atoms with E-state index in [-0.39, 0.29) is 0 Å². The summed E-state index contributed by atoms with van der Waals surface area (Å²) in [5, 5.41) is 7.16. The summed E-state index contributed by atoms with van der Waals surface area (Å²) in [6.45, 7) is 0. The first-order valence-corrected chi connectivity index (χ1v) is 5.97. The Hall–Kier alpha value is -2.69. The molecule has 19 heavy (non-hydrogen) atoms. The summed E-state index contributed by atoms with van der Waals surface area (Å²) >= 11 is 0. The third-order valence-electron chi connectivity index (χ3n) is 2.79. The van der Waals surface area contributed by atoms with Gasteiger partial charge in [0, 0.05) is 30.1 Å². The van der Waals surface area contributed by atoms with Crippen LogP contribution in [0.5, 0.6) is 0 Å². The van der Waals surface area contributed by atoms with E-state index in [1.54, 1.807) is 6.20 Å². The van der Waals surface area contributed by atoms with E-state index in [0.29, 0.717) is 12.2 Å². The van der Waals surface area contributed by atoms with Gasteiger partial charge in [0.25, 0.3) is 0 Å². The van der Waals surface area contributed by atoms with Crippen LogP contribution in [0.25, 0.3) is 11.4 Å². The maximum atomic E-state index is 5.66. The van der Waals surface area contributed by atoms with Gasteiger partial charge in [0.2, 0.25) is 0 Å². The minimum atomic E-state index is 0.680. The molecule has 0 saturated heterocycles. The minimum Gasteiger partial charge on any atom is -0.399 e. The third kappa shape index (κ3) is 2.60. The minimum absolute atomic E-state index is 0.680. The van der Waals surface area contributed by atoms with Crippen LogP contribution in [0.2, 0.25) is 0 Å². The zero-order valence-electron chi connectivity index (χ0n) is 10.2. The van der Waals surface area contributed by atoms with Gasteiger partial charge in [-0.25, -0.2) is 4.98 Å². The number of hydrogen-bond acceptors (Lipinski definition) is 4. The molecule has 0 atom stereocenters. The number of hydrogen-bond donors (Lipinski definition) is 2. The molecule has 2 aromatic heterocycles. The number of aromatic nitrogens is 4. The fourth-order valence-electron chi connectivity index (χ4n) is 1.83. The van der Waals surface area contributed by atoms with E-state index in [9.17, 15) is 0 Å². The predicted octanol–water partition coefficient (Wildman–Crippen LogP) is 2.04. The maximum absolute atomic E-state index is 5.66. The molecule has 0 radical (unpaired) electrons. The monoisotopic (exact) mass is 251 g/mol. The molecule has 0 aliphatic heterocycles. The molecule has 5 heteroatoms. The van der Waals surface area contributed by atoms with E-state index in [2.05, 4.69) is 20.2 Å². The molecular weight excluding hydrogens is 238 g/mol. The van der Waals surface area contributed by atoms with Gasteiger partial charge in [-0.3, -0.25) is 10.1 Å². The Labute approximate surface area is 110 Å². The Balaban J connectivity index is 1.82. The highest BCUT2D eigenvalue weighted by Crippen LogP contribution is 2.16. The van der Waals surface area contributed by atoms with Gasteiger partial charge < -0.3 is 5.73 Å². The Morgan fingerprint density at radius 2 is 1.95 bits per heavy atom. The number of nitrogens with one attached hydrogen (secondary N) is 1. The number of pyridine rings is 1. The number of nitrogens with zero attached hydrogens (tertiary/aromatic N) is 3. The van der Waals surface area contributed by atoms with E-state index in [1.165, 1.54) is 0 Å². The van der Waals surface area contributed by atoms with Crippen LogP contribution < -0.4 is 5.73 Å². The first kappa shape index (κ1) is 11.4. The average Bonchev–Trinajstić information content (AvgIpc) is 2.89. The number of nitrogen functional groups attached to an aromatic ring is 1. The van der Waals surface area contributed by atoms with Crippen molar-refractivity contribution in [2.24, 2.45) is 0 Å². The molecule has 0 unspecified atom stereocenters. The molecular formula is C14H13N5. The fraction of sp³-hybridized carbons (Fsp3) is 0.0714. The van der Waals surface area contributed by atoms with Crippen LogP contribution in [0.1, 0.15) is 11.4 Å². The summed E-state index contributed by atoms with van der Waals surface area (Å²) in [7, 11) is 0. The van der Waals surface area contributed by atoms with Crippen LogP contribution in [-0.2, 0) is 6.42 Å². The quantitative estimate of drug-likeness (QED) is 0.698. The molecule has 0 saturated carbocycles. The number of H-pyrrole nitrogens is 1. The Kier molecular flexibility index (Phi) is 2.94. The second kappa shape index (κ2) is 4.89. The molecule has 2 heterocycles. The lowest BCUT2D eigenvalue weighted by Crippen LogP contribution is -1.91. The van der Waals surface area contributed by atoms with E-state index >= 15 is 0 Å². The lowest BCUT2D eigenvalue weighted by Gasteiger charge is -1.96. The summed E-state index contributed by atoms with van der Waals surface area (Å²) in [4.78, 5) is 8.55. The molecule has 0 spiro atoms. The average molecular weight is 251 g/mol. The van der Waals surface area contributed by atoms with E-state index in [4.69, 9.17) is 5.73 Å². The summed E-state index contributed by atoms with van der Waals surface area (Å²) in [6, 6.07) is 11.4. The highest BCUT2D eigenvalue weighted by Gasteiger charge is 2.06. The number of rotatable bonds is 3. The summed E-state index contributed by atoms with van der Waals surface area (Å²) < 4.78 is 0. The van der Waals surface area contributed by atoms with Crippen LogP contribution in [0.4, 0.5) is 5.69 Å². The van der Waals surface area contributed by atoms with E-state index in [1.807, 2.05) is 42.6 Å². The van der Waals surface area contributed by atoms with Crippen molar-refractivity contribution < 1.29 is 0 Å². The zero-order valence-corrected chi connectivity index (χ0v) is 10.2. The van der Waals surface area contributed by atoms with Crippen molar-refractivity contribution in [3.63, 3.8) is 0 Å². The van der Waals surface area contributed by atoms with Crippen molar-refractivity contribution >= 4 is 5.69 Å². The Bertz CT molecular complexity index is 658. The highest BCUT2D eigenvalue weighted by atomic mass is 15.2. The van der Waals surface area contributed by atoms with Crippen molar-refractivity contribution in [3.05, 3.63) is 60.2 Å². The summed E-state index contributed by atoms with van der Waals surface area (Å²) in [6.07, 6.45) is 4.27. The Morgan fingerprint density at radius 1 is 1.11 bits per heavy atom. The van der Waals surface area contributed by atoms with Crippen LogP contribution in [-0.4, -0.2) is 20.2 Å². The van der Waals surface area contributed by atoms with Crippen LogP contribution in [0.3, 0.4) is 0 Å². The molecule has 3 N–H and O–H groups in total. The lowest BCUT2D eigenvalue weighted by atomic mass is 10.2. The van der Waals surface area contributed by atoms with Crippen molar-refractivity contribution in [3.8, 4) is 11.4 Å². The van der Waals surface area contributed by atoms with Gasteiger partial charge >= 0.3 is 0 Å². The molecule has 0 aliphatic carbocycles. The zero-order chi connectivity index (χ0) is 13.1. The number of anilines is 1. The SMILES string of the molecule is Nc1ccc(-c2n[nH]c(Cc3cccnc3)n2)cc1. The molecule has 1 aromatic carbocycles. The molecule has 3 rings (SSSR count). The number of nitrogens with two attached hydrogens (primary N) is 1. The third-order valence-corrected chi connectivity index (χ3v) is 2.79. The van der Waals surface area contributed by atoms with Gasteiger partial charge in [0.15, 0.2) is 5.82 Å². The first-order chi connectivity index (χ1) is 9.31. The first-order valence-electron chi connectivity index (χ1n) is 5.97. The van der Waals surface area contributed by atoms with Crippen molar-refractivity contribution in [1.29, 1.82) is 0 Å². The number of aromatic amines is 1. The largest absolute Gasteiger partial charge is 0.399 e. The van der Waals surface area contributed by atoms with Gasteiger partial charge in [-0.15, -0.1) is 0 Å². The molecule has 0 aliphatic rings. The summed E-state index contributed by atoms with van der Waals surface area (Å²) in [5.41, 5.74) is 8.43. The van der Waals surface area contributed by atoms with Crippen LogP contribution in [0, 0.1) is 0 Å². The van der Waals surface area contributed by atoms with Crippen LogP contribution >= 0.6 is 0 Å². The standard InChI is InChI=1S/C14H13N5/c15-12-5-3-11(4-6-12)14-17-13(18-19-14)8-10-2-1-7-16-9-10/h1-7,9H,8,15H2,(H,17,18,19). The molecule has 94 valence electrons. The number of benzene rings is 1. The molecule has 5 nitrogen and oxygen atoms in total. The Morgan fingerprint density at radius 3 is 2.68 bits per heavy atom. The van der Waals surface area contributed by atoms with Crippen molar-refractivity contribution in [1.82, 2.24) is 20.2 Å². The molecule has 0 amide bonds. The van der Waals surface area contributed by atoms with E-state index < -0.39 is 0 Å². The second-order valence-electron chi connectivity index (χ2n) is 4.27. The van der Waals surface area contributed by atoms with Gasteiger partial charge in [-0.1, -0.05) is 6.07 Å². The van der Waals surface area contributed by atoms with Gasteiger partial charge in [-0.05, 0) is 35.9 Å². The maximum Gasteiger partial charge on any atom is 0.181 e. The second-order valence-corrected chi connectivity index (χ2v) is 4.27. The fourth-order valence-corrected chi connectivity index (χ4v) is 1.83. The van der Waals surface area contributed by atoms with E-state index in [0.717, 1.165) is 22.6 Å². The normalized spacial score (nSPS) is 10.5. The molecule has 0 bridgehead atoms. The van der Waals surface area contributed by atoms with Crippen LogP contribution in [0.15, 0.2) is 48.8 Å². The van der Waals surface area contributed by atoms with Crippen molar-refractivity contribution in [2.75, 3.05) is 5.73 Å².